The monoisotopic (exact) mass is 175 g/mol. The average Bonchev–Trinajstić information content (AvgIpc) is 2.25. The first kappa shape index (κ1) is 2.75. The number of hydrogen-bond acceptors (Lipinski definition) is 3. The summed E-state index contributed by atoms with van der Waals surface area (Å²) < 4.78 is 70.0. The summed E-state index contributed by atoms with van der Waals surface area (Å²) in [4.78, 5) is 0. The Balaban J connectivity index is 3.77. The summed E-state index contributed by atoms with van der Waals surface area (Å²) in [7, 11) is -5.45. The average molecular weight is 175 g/mol. The molecule has 0 saturated heterocycles. The molecule has 0 aliphatic rings. The molecular weight excluding hydrogens is 155 g/mol. The molecule has 0 radical (unpaired) electrons. The third-order valence-corrected chi connectivity index (χ3v) is 1.18. The minimum absolute atomic E-state index is 0.845. The van der Waals surface area contributed by atoms with Gasteiger partial charge in [0.25, 0.3) is 0 Å². The highest BCUT2D eigenvalue weighted by atomic mass is 16.5. The van der Waals surface area contributed by atoms with Crippen molar-refractivity contribution < 1.29 is 27.1 Å². The molecular formula is C8H11BO3. The molecule has 0 aromatic heterocycles. The number of methoxy groups -OCH3 is 1. The van der Waals surface area contributed by atoms with Gasteiger partial charge >= 0.3 is 7.12 Å². The van der Waals surface area contributed by atoms with E-state index < -0.39 is 55.9 Å². The van der Waals surface area contributed by atoms with Gasteiger partial charge in [-0.3, -0.25) is 0 Å². The summed E-state index contributed by atoms with van der Waals surface area (Å²) in [5, 5.41) is 18.4. The van der Waals surface area contributed by atoms with Gasteiger partial charge in [0.05, 0.1) is 15.3 Å². The Morgan fingerprint density at radius 1 is 1.58 bits per heavy atom. The van der Waals surface area contributed by atoms with E-state index in [1.54, 1.807) is 0 Å². The van der Waals surface area contributed by atoms with Crippen molar-refractivity contribution >= 4 is 12.6 Å². The SMILES string of the molecule is [2H]c1c([2H])c(B(O)O)c(C([2H])([2H])[2H])c([2H])c1OC([2H])([2H])[2H]. The fourth-order valence-corrected chi connectivity index (χ4v) is 0.643. The largest absolute Gasteiger partial charge is 0.497 e. The van der Waals surface area contributed by atoms with Crippen molar-refractivity contribution in [3.63, 3.8) is 0 Å². The Labute approximate surface area is 84.4 Å². The number of hydrogen-bond donors (Lipinski definition) is 2. The van der Waals surface area contributed by atoms with Gasteiger partial charge in [-0.15, -0.1) is 0 Å². The second kappa shape index (κ2) is 3.60. The van der Waals surface area contributed by atoms with Crippen molar-refractivity contribution in [1.29, 1.82) is 0 Å². The Hall–Kier alpha value is -0.995. The van der Waals surface area contributed by atoms with Crippen LogP contribution in [0.1, 0.15) is 17.9 Å². The van der Waals surface area contributed by atoms with Crippen LogP contribution in [-0.4, -0.2) is 24.2 Å². The van der Waals surface area contributed by atoms with Gasteiger partial charge in [0.2, 0.25) is 0 Å². The summed E-state index contributed by atoms with van der Waals surface area (Å²) in [6.45, 7) is -3.02. The first-order chi connectivity index (χ1) is 9.27. The maximum absolute atomic E-state index is 9.19. The topological polar surface area (TPSA) is 49.7 Å². The van der Waals surface area contributed by atoms with Crippen LogP contribution in [0.25, 0.3) is 0 Å². The van der Waals surface area contributed by atoms with Crippen LogP contribution in [0, 0.1) is 6.85 Å². The lowest BCUT2D eigenvalue weighted by Crippen LogP contribution is -2.31. The molecule has 0 saturated carbocycles. The van der Waals surface area contributed by atoms with Crippen LogP contribution in [-0.2, 0) is 0 Å². The van der Waals surface area contributed by atoms with Crippen LogP contribution in [0.15, 0.2) is 18.1 Å². The molecule has 1 aromatic rings. The minimum Gasteiger partial charge on any atom is -0.497 e. The second-order valence-corrected chi connectivity index (χ2v) is 1.97. The predicted molar refractivity (Wildman–Crippen MR) is 47.6 cm³/mol. The van der Waals surface area contributed by atoms with Crippen LogP contribution in [0.3, 0.4) is 0 Å². The van der Waals surface area contributed by atoms with E-state index >= 15 is 0 Å². The highest BCUT2D eigenvalue weighted by molar-refractivity contribution is 6.59. The summed E-state index contributed by atoms with van der Waals surface area (Å²) in [6, 6.07) is -2.83. The van der Waals surface area contributed by atoms with Gasteiger partial charge < -0.3 is 14.8 Å². The Kier molecular flexibility index (Phi) is 0.827. The normalized spacial score (nSPS) is 22.7. The minimum atomic E-state index is -3.05. The zero-order valence-electron chi connectivity index (χ0n) is 14.9. The van der Waals surface area contributed by atoms with E-state index in [0.717, 1.165) is 0 Å². The van der Waals surface area contributed by atoms with Crippen molar-refractivity contribution in [3.05, 3.63) is 23.7 Å². The molecule has 1 aromatic carbocycles. The molecule has 0 aliphatic heterocycles. The van der Waals surface area contributed by atoms with Gasteiger partial charge in [-0.2, -0.15) is 0 Å². The van der Waals surface area contributed by atoms with Crippen LogP contribution in [0.4, 0.5) is 0 Å². The third-order valence-electron chi connectivity index (χ3n) is 1.18. The van der Waals surface area contributed by atoms with Crippen molar-refractivity contribution in [2.24, 2.45) is 0 Å². The first-order valence-corrected chi connectivity index (χ1v) is 2.96. The second-order valence-electron chi connectivity index (χ2n) is 1.97. The van der Waals surface area contributed by atoms with Crippen LogP contribution < -0.4 is 10.2 Å². The van der Waals surface area contributed by atoms with Gasteiger partial charge in [-0.25, -0.2) is 0 Å². The van der Waals surface area contributed by atoms with E-state index in [4.69, 9.17) is 12.3 Å². The molecule has 2 N–H and O–H groups in total. The van der Waals surface area contributed by atoms with E-state index in [1.165, 1.54) is 0 Å². The Morgan fingerprint density at radius 3 is 3.00 bits per heavy atom. The number of benzene rings is 1. The molecule has 0 atom stereocenters. The van der Waals surface area contributed by atoms with Crippen molar-refractivity contribution in [1.82, 2.24) is 0 Å². The highest BCUT2D eigenvalue weighted by Crippen LogP contribution is 2.09. The summed E-state index contributed by atoms with van der Waals surface area (Å²) in [5.74, 6) is -0.921. The van der Waals surface area contributed by atoms with Crippen molar-refractivity contribution in [2.45, 2.75) is 6.85 Å². The van der Waals surface area contributed by atoms with E-state index in [2.05, 4.69) is 4.74 Å². The van der Waals surface area contributed by atoms with Crippen LogP contribution in [0.5, 0.6) is 5.75 Å². The molecule has 0 heterocycles. The smallest absolute Gasteiger partial charge is 0.488 e. The fraction of sp³-hybridized carbons (Fsp3) is 0.250. The predicted octanol–water partition coefficient (Wildman–Crippen LogP) is -0.317. The molecule has 0 fully saturated rings. The lowest BCUT2D eigenvalue weighted by molar-refractivity contribution is 0.413. The fourth-order valence-electron chi connectivity index (χ4n) is 0.643. The molecule has 0 bridgehead atoms. The maximum atomic E-state index is 9.19. The number of ether oxygens (including phenoxy) is 1. The first-order valence-electron chi connectivity index (χ1n) is 7.46. The summed E-state index contributed by atoms with van der Waals surface area (Å²) >= 11 is 0. The molecule has 64 valence electrons. The molecule has 0 spiro atoms. The quantitative estimate of drug-likeness (QED) is 0.606. The maximum Gasteiger partial charge on any atom is 0.488 e. The van der Waals surface area contributed by atoms with E-state index in [9.17, 15) is 10.0 Å². The third kappa shape index (κ3) is 1.78. The van der Waals surface area contributed by atoms with Gasteiger partial charge in [0, 0.05) is 4.11 Å². The van der Waals surface area contributed by atoms with Crippen molar-refractivity contribution in [2.75, 3.05) is 7.04 Å². The van der Waals surface area contributed by atoms with E-state index in [0.29, 0.717) is 0 Å². The van der Waals surface area contributed by atoms with E-state index in [-0.39, 0.29) is 0 Å². The van der Waals surface area contributed by atoms with Crippen molar-refractivity contribution in [3.8, 4) is 5.75 Å². The van der Waals surface area contributed by atoms with Gasteiger partial charge in [0.15, 0.2) is 0 Å². The molecule has 12 heavy (non-hydrogen) atoms. The molecule has 0 unspecified atom stereocenters. The zero-order chi connectivity index (χ0) is 16.7. The zero-order valence-corrected chi connectivity index (χ0v) is 5.88. The van der Waals surface area contributed by atoms with Crippen LogP contribution in [0.2, 0.25) is 0 Å². The molecule has 0 aliphatic carbocycles. The molecule has 0 amide bonds. The standard InChI is InChI=1S/C8H11BO3/c1-6-5-7(12-2)3-4-8(6)9(10)11/h3-5,10-11H,1-2H3/i1D3,2D3,3D,4D,5D. The Morgan fingerprint density at radius 2 is 2.42 bits per heavy atom. The molecule has 3 nitrogen and oxygen atoms in total. The van der Waals surface area contributed by atoms with E-state index in [1.807, 2.05) is 0 Å². The van der Waals surface area contributed by atoms with Gasteiger partial charge in [-0.05, 0) is 30.0 Å². The van der Waals surface area contributed by atoms with Gasteiger partial charge in [-0.1, -0.05) is 6.04 Å². The number of rotatable bonds is 2. The molecule has 4 heteroatoms. The Bertz CT molecular complexity index is 552. The highest BCUT2D eigenvalue weighted by Gasteiger charge is 2.13. The lowest BCUT2D eigenvalue weighted by Gasteiger charge is -2.06. The molecule has 1 rings (SSSR count). The van der Waals surface area contributed by atoms with Gasteiger partial charge in [0.1, 0.15) is 5.75 Å². The summed E-state index contributed by atoms with van der Waals surface area (Å²) in [5.41, 5.74) is -1.78. The lowest BCUT2D eigenvalue weighted by atomic mass is 9.77. The summed E-state index contributed by atoms with van der Waals surface area (Å²) in [6.07, 6.45) is 0. The van der Waals surface area contributed by atoms with Crippen LogP contribution >= 0.6 is 0 Å².